The molecule has 0 aliphatic carbocycles. The maximum absolute atomic E-state index is 14.4. The molecule has 0 saturated heterocycles. The van der Waals surface area contributed by atoms with Crippen molar-refractivity contribution in [2.75, 3.05) is 18.9 Å². The zero-order chi connectivity index (χ0) is 24.1. The van der Waals surface area contributed by atoms with Gasteiger partial charge in [0, 0.05) is 35.8 Å². The summed E-state index contributed by atoms with van der Waals surface area (Å²) in [5, 5.41) is 3.83. The van der Waals surface area contributed by atoms with Gasteiger partial charge in [0.25, 0.3) is 0 Å². The van der Waals surface area contributed by atoms with Gasteiger partial charge < -0.3 is 19.7 Å². The fourth-order valence-electron chi connectivity index (χ4n) is 5.12. The highest BCUT2D eigenvalue weighted by Gasteiger charge is 2.36. The summed E-state index contributed by atoms with van der Waals surface area (Å²) in [6, 6.07) is 16.3. The number of anilines is 1. The molecule has 0 saturated carbocycles. The van der Waals surface area contributed by atoms with Crippen molar-refractivity contribution in [2.24, 2.45) is 0 Å². The van der Waals surface area contributed by atoms with Crippen molar-refractivity contribution >= 4 is 23.1 Å². The third-order valence-corrected chi connectivity index (χ3v) is 8.06. The summed E-state index contributed by atoms with van der Waals surface area (Å²) >= 11 is 1.78. The lowest BCUT2D eigenvalue weighted by molar-refractivity contribution is 0.194. The van der Waals surface area contributed by atoms with E-state index in [1.165, 1.54) is 16.5 Å². The number of fused-ring (bicyclic) bond motifs is 5. The molecular formula is C27H24F2N4OS. The molecule has 0 spiro atoms. The number of carbonyl (C=O) groups is 1. The van der Waals surface area contributed by atoms with Crippen LogP contribution in [0.3, 0.4) is 0 Å². The van der Waals surface area contributed by atoms with E-state index < -0.39 is 17.7 Å². The van der Waals surface area contributed by atoms with Gasteiger partial charge in [0.05, 0.1) is 24.0 Å². The Morgan fingerprint density at radius 2 is 1.86 bits per heavy atom. The first-order chi connectivity index (χ1) is 17.0. The van der Waals surface area contributed by atoms with Crippen LogP contribution in [-0.2, 0) is 19.5 Å². The van der Waals surface area contributed by atoms with Crippen LogP contribution < -0.4 is 5.32 Å². The summed E-state index contributed by atoms with van der Waals surface area (Å²) in [6.07, 6.45) is 2.98. The lowest BCUT2D eigenvalue weighted by Gasteiger charge is -2.32. The number of carbonyl (C=O) groups excluding carboxylic acids is 1. The molecule has 0 bridgehead atoms. The van der Waals surface area contributed by atoms with Crippen molar-refractivity contribution in [3.05, 3.63) is 106 Å². The van der Waals surface area contributed by atoms with Crippen molar-refractivity contribution < 1.29 is 13.6 Å². The molecule has 178 valence electrons. The first kappa shape index (κ1) is 22.0. The first-order valence-corrected chi connectivity index (χ1v) is 12.4. The molecule has 2 aliphatic rings. The molecule has 1 N–H and O–H groups in total. The van der Waals surface area contributed by atoms with Gasteiger partial charge in [-0.1, -0.05) is 30.3 Å². The minimum atomic E-state index is -0.801. The van der Waals surface area contributed by atoms with Gasteiger partial charge >= 0.3 is 6.03 Å². The number of hydrogen-bond donors (Lipinski definition) is 1. The third-order valence-electron chi connectivity index (χ3n) is 6.80. The lowest BCUT2D eigenvalue weighted by Crippen LogP contribution is -2.38. The fourth-order valence-corrected chi connectivity index (χ4v) is 6.56. The Morgan fingerprint density at radius 3 is 2.66 bits per heavy atom. The number of benzene rings is 2. The predicted molar refractivity (Wildman–Crippen MR) is 133 cm³/mol. The molecule has 2 aromatic carbocycles. The number of aromatic nitrogens is 1. The molecule has 8 heteroatoms. The van der Waals surface area contributed by atoms with Crippen LogP contribution in [0.5, 0.6) is 0 Å². The van der Waals surface area contributed by atoms with Gasteiger partial charge in [-0.05, 0) is 48.9 Å². The zero-order valence-corrected chi connectivity index (χ0v) is 20.0. The Labute approximate surface area is 206 Å². The van der Waals surface area contributed by atoms with E-state index in [0.29, 0.717) is 6.54 Å². The Kier molecular flexibility index (Phi) is 5.42. The van der Waals surface area contributed by atoms with Crippen LogP contribution in [0.1, 0.15) is 33.3 Å². The maximum atomic E-state index is 14.4. The number of amides is 2. The van der Waals surface area contributed by atoms with E-state index in [1.54, 1.807) is 16.2 Å². The van der Waals surface area contributed by atoms with Crippen molar-refractivity contribution in [3.8, 4) is 5.00 Å². The van der Waals surface area contributed by atoms with Gasteiger partial charge in [0.15, 0.2) is 0 Å². The Morgan fingerprint density at radius 1 is 1.03 bits per heavy atom. The van der Waals surface area contributed by atoms with Crippen molar-refractivity contribution in [1.29, 1.82) is 0 Å². The normalized spacial score (nSPS) is 17.3. The molecule has 0 fully saturated rings. The molecule has 4 aromatic rings. The van der Waals surface area contributed by atoms with Gasteiger partial charge in [0.2, 0.25) is 0 Å². The van der Waals surface area contributed by atoms with E-state index in [9.17, 15) is 13.6 Å². The summed E-state index contributed by atoms with van der Waals surface area (Å²) in [5.41, 5.74) is 4.34. The summed E-state index contributed by atoms with van der Waals surface area (Å²) in [7, 11) is 2.12. The highest BCUT2D eigenvalue weighted by Crippen LogP contribution is 2.43. The number of halogens is 2. The standard InChI is InChI=1S/C27H24F2N4OS/c1-31-13-11-19-20-15-33(27(34)30-22-10-9-18(28)14-21(22)29)25(17-6-3-2-4-7-17)23-8-5-12-32(23)26(20)35-24(19)16-31/h2-10,12,14,25H,11,13,15-16H2,1H3,(H,30,34). The molecule has 5 nitrogen and oxygen atoms in total. The summed E-state index contributed by atoms with van der Waals surface area (Å²) < 4.78 is 30.1. The number of hydrogen-bond acceptors (Lipinski definition) is 3. The van der Waals surface area contributed by atoms with Gasteiger partial charge in [-0.25, -0.2) is 13.6 Å². The molecule has 1 unspecified atom stereocenters. The summed E-state index contributed by atoms with van der Waals surface area (Å²) in [5.74, 6) is -1.49. The quantitative estimate of drug-likeness (QED) is 0.378. The van der Waals surface area contributed by atoms with Crippen molar-refractivity contribution in [2.45, 2.75) is 25.6 Å². The topological polar surface area (TPSA) is 40.5 Å². The largest absolute Gasteiger partial charge is 0.323 e. The Balaban J connectivity index is 1.49. The fraction of sp³-hybridized carbons (Fsp3) is 0.222. The van der Waals surface area contributed by atoms with Gasteiger partial charge in [-0.15, -0.1) is 11.3 Å². The second-order valence-corrected chi connectivity index (χ2v) is 10.2. The highest BCUT2D eigenvalue weighted by molar-refractivity contribution is 7.15. The first-order valence-electron chi connectivity index (χ1n) is 11.6. The van der Waals surface area contributed by atoms with Crippen LogP contribution in [0.4, 0.5) is 19.3 Å². The molecular weight excluding hydrogens is 466 g/mol. The van der Waals surface area contributed by atoms with E-state index in [1.807, 2.05) is 42.5 Å². The number of nitrogens with zero attached hydrogens (tertiary/aromatic N) is 3. The third kappa shape index (κ3) is 3.83. The van der Waals surface area contributed by atoms with E-state index in [4.69, 9.17) is 0 Å². The molecule has 2 aromatic heterocycles. The SMILES string of the molecule is CN1CCc2c(sc3c2CN(C(=O)Nc2ccc(F)cc2F)C(c2ccccc2)c2cccn2-3)C1. The molecule has 35 heavy (non-hydrogen) atoms. The molecule has 2 amide bonds. The molecule has 0 radical (unpaired) electrons. The average Bonchev–Trinajstić information content (AvgIpc) is 3.42. The highest BCUT2D eigenvalue weighted by atomic mass is 32.1. The average molecular weight is 491 g/mol. The Hall–Kier alpha value is -3.49. The minimum Gasteiger partial charge on any atom is -0.310 e. The van der Waals surface area contributed by atoms with Crippen LogP contribution in [0.2, 0.25) is 0 Å². The van der Waals surface area contributed by atoms with E-state index in [-0.39, 0.29) is 11.7 Å². The van der Waals surface area contributed by atoms with E-state index in [0.717, 1.165) is 53.5 Å². The second-order valence-electron chi connectivity index (χ2n) is 9.07. The number of thiophene rings is 1. The number of likely N-dealkylation sites (N-methyl/N-ethyl adjacent to an activating group) is 1. The van der Waals surface area contributed by atoms with E-state index in [2.05, 4.69) is 28.0 Å². The van der Waals surface area contributed by atoms with Crippen molar-refractivity contribution in [1.82, 2.24) is 14.4 Å². The van der Waals surface area contributed by atoms with E-state index >= 15 is 0 Å². The lowest BCUT2D eigenvalue weighted by atomic mass is 10.0. The summed E-state index contributed by atoms with van der Waals surface area (Å²) in [4.78, 5) is 19.2. The second kappa shape index (κ2) is 8.62. The monoisotopic (exact) mass is 490 g/mol. The van der Waals surface area contributed by atoms with Crippen LogP contribution in [0.15, 0.2) is 66.9 Å². The summed E-state index contributed by atoms with van der Waals surface area (Å²) in [6.45, 7) is 2.24. The molecule has 1 atom stereocenters. The zero-order valence-electron chi connectivity index (χ0n) is 19.2. The molecule has 2 aliphatic heterocycles. The van der Waals surface area contributed by atoms with Crippen molar-refractivity contribution in [3.63, 3.8) is 0 Å². The van der Waals surface area contributed by atoms with Gasteiger partial charge in [-0.2, -0.15) is 0 Å². The number of urea groups is 1. The predicted octanol–water partition coefficient (Wildman–Crippen LogP) is 5.94. The molecule has 6 rings (SSSR count). The van der Waals surface area contributed by atoms with Crippen LogP contribution in [-0.4, -0.2) is 34.0 Å². The smallest absolute Gasteiger partial charge is 0.310 e. The maximum Gasteiger partial charge on any atom is 0.323 e. The van der Waals surface area contributed by atoms with Crippen LogP contribution >= 0.6 is 11.3 Å². The number of nitrogens with one attached hydrogen (secondary N) is 1. The van der Waals surface area contributed by atoms with Gasteiger partial charge in [-0.3, -0.25) is 0 Å². The van der Waals surface area contributed by atoms with Crippen LogP contribution in [0, 0.1) is 11.6 Å². The number of rotatable bonds is 2. The molecule has 4 heterocycles. The van der Waals surface area contributed by atoms with Crippen LogP contribution in [0.25, 0.3) is 5.00 Å². The Bertz CT molecular complexity index is 1410. The minimum absolute atomic E-state index is 0.0444. The van der Waals surface area contributed by atoms with Gasteiger partial charge in [0.1, 0.15) is 16.6 Å².